The summed E-state index contributed by atoms with van der Waals surface area (Å²) in [6, 6.07) is 22.7. The molecule has 0 bridgehead atoms. The van der Waals surface area contributed by atoms with Crippen LogP contribution in [-0.4, -0.2) is 15.8 Å². The molecule has 0 aliphatic rings. The zero-order chi connectivity index (χ0) is 25.5. The van der Waals surface area contributed by atoms with Gasteiger partial charge in [-0.2, -0.15) is 13.2 Å². The molecular weight excluding hydrogens is 467 g/mol. The van der Waals surface area contributed by atoms with Gasteiger partial charge in [0, 0.05) is 19.6 Å². The van der Waals surface area contributed by atoms with Crippen LogP contribution in [0.4, 0.5) is 13.2 Å². The van der Waals surface area contributed by atoms with Crippen molar-refractivity contribution in [2.75, 3.05) is 0 Å². The average Bonchev–Trinajstić information content (AvgIpc) is 3.31. The number of aryl methyl sites for hydroxylation is 1. The number of alkyl halides is 3. The monoisotopic (exact) mass is 493 g/mol. The molecule has 0 fully saturated rings. The van der Waals surface area contributed by atoms with E-state index in [9.17, 15) is 18.0 Å². The fourth-order valence-corrected chi connectivity index (χ4v) is 3.89. The molecule has 3 aromatic carbocycles. The minimum absolute atomic E-state index is 0.149. The van der Waals surface area contributed by atoms with Crippen LogP contribution in [0.1, 0.15) is 44.2 Å². The van der Waals surface area contributed by atoms with E-state index in [1.807, 2.05) is 66.4 Å². The van der Waals surface area contributed by atoms with Crippen LogP contribution in [0.25, 0.3) is 0 Å². The maximum Gasteiger partial charge on any atom is 0.416 e. The Bertz CT molecular complexity index is 1300. The minimum atomic E-state index is -4.41. The molecule has 0 radical (unpaired) electrons. The number of carbonyl (C=O) groups is 1. The van der Waals surface area contributed by atoms with E-state index in [1.54, 1.807) is 6.07 Å². The van der Waals surface area contributed by atoms with Gasteiger partial charge in [0.2, 0.25) is 5.89 Å². The van der Waals surface area contributed by atoms with Gasteiger partial charge < -0.3 is 9.73 Å². The van der Waals surface area contributed by atoms with Crippen LogP contribution < -0.4 is 5.32 Å². The smallest absolute Gasteiger partial charge is 0.416 e. The summed E-state index contributed by atoms with van der Waals surface area (Å²) in [7, 11) is 0. The molecule has 186 valence electrons. The van der Waals surface area contributed by atoms with Gasteiger partial charge in [-0.1, -0.05) is 78.4 Å². The first-order chi connectivity index (χ1) is 17.3. The molecule has 0 saturated heterocycles. The Balaban J connectivity index is 1.48. The molecule has 1 amide bonds. The van der Waals surface area contributed by atoms with Gasteiger partial charge in [0.25, 0.3) is 5.91 Å². The Hall–Kier alpha value is -3.91. The zero-order valence-electron chi connectivity index (χ0n) is 19.8. The molecule has 36 heavy (non-hydrogen) atoms. The molecule has 0 aliphatic heterocycles. The Morgan fingerprint density at radius 3 is 2.25 bits per heavy atom. The van der Waals surface area contributed by atoms with Crippen LogP contribution in [0, 0.1) is 6.92 Å². The molecule has 0 unspecified atom stereocenters. The highest BCUT2D eigenvalue weighted by atomic mass is 19.4. The predicted octanol–water partition coefficient (Wildman–Crippen LogP) is 6.13. The number of nitrogens with one attached hydrogen (secondary N) is 1. The second kappa shape index (κ2) is 11.2. The SMILES string of the molecule is Cc1cccc(CN(Cc2cccc(C(F)(F)F)c2)Cc2nc(C(=O)NCc3ccccc3)co2)c1. The van der Waals surface area contributed by atoms with Gasteiger partial charge >= 0.3 is 6.18 Å². The fourth-order valence-electron chi connectivity index (χ4n) is 3.89. The third kappa shape index (κ3) is 7.05. The van der Waals surface area contributed by atoms with E-state index in [0.717, 1.165) is 28.8 Å². The van der Waals surface area contributed by atoms with Crippen molar-refractivity contribution in [3.63, 3.8) is 0 Å². The Kier molecular flexibility index (Phi) is 7.85. The summed E-state index contributed by atoms with van der Waals surface area (Å²) in [6.07, 6.45) is -3.12. The van der Waals surface area contributed by atoms with Crippen molar-refractivity contribution < 1.29 is 22.4 Å². The van der Waals surface area contributed by atoms with E-state index in [-0.39, 0.29) is 24.7 Å². The van der Waals surface area contributed by atoms with Crippen molar-refractivity contribution in [1.29, 1.82) is 0 Å². The summed E-state index contributed by atoms with van der Waals surface area (Å²) in [5.41, 5.74) is 3.03. The lowest BCUT2D eigenvalue weighted by atomic mass is 10.1. The third-order valence-corrected chi connectivity index (χ3v) is 5.59. The van der Waals surface area contributed by atoms with Crippen molar-refractivity contribution in [3.8, 4) is 0 Å². The highest BCUT2D eigenvalue weighted by molar-refractivity contribution is 5.91. The average molecular weight is 494 g/mol. The van der Waals surface area contributed by atoms with Gasteiger partial charge in [0.05, 0.1) is 12.1 Å². The van der Waals surface area contributed by atoms with Crippen LogP contribution in [0.2, 0.25) is 0 Å². The normalized spacial score (nSPS) is 11.6. The lowest BCUT2D eigenvalue weighted by molar-refractivity contribution is -0.137. The van der Waals surface area contributed by atoms with E-state index < -0.39 is 11.7 Å². The van der Waals surface area contributed by atoms with Crippen LogP contribution in [0.5, 0.6) is 0 Å². The summed E-state index contributed by atoms with van der Waals surface area (Å²) >= 11 is 0. The van der Waals surface area contributed by atoms with Crippen LogP contribution in [-0.2, 0) is 32.4 Å². The quantitative estimate of drug-likeness (QED) is 0.305. The van der Waals surface area contributed by atoms with E-state index in [1.165, 1.54) is 12.3 Å². The van der Waals surface area contributed by atoms with Crippen molar-refractivity contribution in [2.45, 2.75) is 39.3 Å². The van der Waals surface area contributed by atoms with Gasteiger partial charge in [0.15, 0.2) is 5.69 Å². The summed E-state index contributed by atoms with van der Waals surface area (Å²) < 4.78 is 45.2. The molecule has 0 aliphatic carbocycles. The fraction of sp³-hybridized carbons (Fsp3) is 0.214. The molecule has 1 heterocycles. The number of aromatic nitrogens is 1. The summed E-state index contributed by atoms with van der Waals surface area (Å²) in [5, 5.41) is 2.81. The summed E-state index contributed by atoms with van der Waals surface area (Å²) in [6.45, 7) is 3.27. The summed E-state index contributed by atoms with van der Waals surface area (Å²) in [4.78, 5) is 18.8. The third-order valence-electron chi connectivity index (χ3n) is 5.59. The molecule has 4 rings (SSSR count). The van der Waals surface area contributed by atoms with Crippen molar-refractivity contribution in [3.05, 3.63) is 125 Å². The summed E-state index contributed by atoms with van der Waals surface area (Å²) in [5.74, 6) is -0.0588. The zero-order valence-corrected chi connectivity index (χ0v) is 19.8. The molecule has 4 aromatic rings. The second-order valence-corrected chi connectivity index (χ2v) is 8.63. The number of carbonyl (C=O) groups excluding carboxylic acids is 1. The molecule has 1 N–H and O–H groups in total. The molecule has 5 nitrogen and oxygen atoms in total. The van der Waals surface area contributed by atoms with E-state index in [2.05, 4.69) is 10.3 Å². The Labute approximate surface area is 207 Å². The first-order valence-electron chi connectivity index (χ1n) is 11.5. The topological polar surface area (TPSA) is 58.4 Å². The number of benzene rings is 3. The first kappa shape index (κ1) is 25.2. The molecule has 0 saturated carbocycles. The van der Waals surface area contributed by atoms with Crippen molar-refractivity contribution in [2.24, 2.45) is 0 Å². The van der Waals surface area contributed by atoms with Gasteiger partial charge in [-0.05, 0) is 29.7 Å². The predicted molar refractivity (Wildman–Crippen MR) is 130 cm³/mol. The van der Waals surface area contributed by atoms with E-state index in [0.29, 0.717) is 24.5 Å². The van der Waals surface area contributed by atoms with E-state index in [4.69, 9.17) is 4.42 Å². The molecule has 0 atom stereocenters. The van der Waals surface area contributed by atoms with Crippen molar-refractivity contribution in [1.82, 2.24) is 15.2 Å². The number of amides is 1. The number of hydrogen-bond donors (Lipinski definition) is 1. The van der Waals surface area contributed by atoms with Crippen molar-refractivity contribution >= 4 is 5.91 Å². The number of oxazole rings is 1. The van der Waals surface area contributed by atoms with Crippen LogP contribution in [0.15, 0.2) is 89.5 Å². The lowest BCUT2D eigenvalue weighted by Crippen LogP contribution is -2.24. The van der Waals surface area contributed by atoms with Gasteiger partial charge in [-0.15, -0.1) is 0 Å². The highest BCUT2D eigenvalue weighted by Gasteiger charge is 2.30. The molecule has 1 aromatic heterocycles. The molecule has 8 heteroatoms. The number of hydrogen-bond acceptors (Lipinski definition) is 4. The Morgan fingerprint density at radius 1 is 0.889 bits per heavy atom. The molecular formula is C28H26F3N3O2. The van der Waals surface area contributed by atoms with E-state index >= 15 is 0 Å². The standard InChI is InChI=1S/C28H26F3N3O2/c1-20-7-5-10-22(13-20)16-34(17-23-11-6-12-24(14-23)28(29,30)31)18-26-33-25(19-36-26)27(35)32-15-21-8-3-2-4-9-21/h2-14,19H,15-18H2,1H3,(H,32,35). The second-order valence-electron chi connectivity index (χ2n) is 8.63. The maximum absolute atomic E-state index is 13.2. The largest absolute Gasteiger partial charge is 0.447 e. The van der Waals surface area contributed by atoms with Gasteiger partial charge in [-0.3, -0.25) is 9.69 Å². The molecule has 0 spiro atoms. The number of rotatable bonds is 9. The highest BCUT2D eigenvalue weighted by Crippen LogP contribution is 2.30. The maximum atomic E-state index is 13.2. The number of halogens is 3. The first-order valence-corrected chi connectivity index (χ1v) is 11.5. The van der Waals surface area contributed by atoms with Crippen LogP contribution >= 0.6 is 0 Å². The van der Waals surface area contributed by atoms with Gasteiger partial charge in [-0.25, -0.2) is 4.98 Å². The lowest BCUT2D eigenvalue weighted by Gasteiger charge is -2.22. The Morgan fingerprint density at radius 2 is 1.56 bits per heavy atom. The van der Waals surface area contributed by atoms with Crippen LogP contribution in [0.3, 0.4) is 0 Å². The van der Waals surface area contributed by atoms with Gasteiger partial charge in [0.1, 0.15) is 6.26 Å². The number of nitrogens with zero attached hydrogens (tertiary/aromatic N) is 2. The minimum Gasteiger partial charge on any atom is -0.447 e.